The number of hydrogen-bond acceptors (Lipinski definition) is 10. The predicted molar refractivity (Wildman–Crippen MR) is 152 cm³/mol. The number of rotatable bonds is 13. The molecule has 0 aromatic heterocycles. The molecule has 2 heterocycles. The third-order valence-corrected chi connectivity index (χ3v) is 7.28. The van der Waals surface area contributed by atoms with E-state index in [0.717, 1.165) is 11.3 Å². The van der Waals surface area contributed by atoms with E-state index in [1.54, 1.807) is 48.5 Å². The number of aliphatic hydroxyl groups is 4. The Morgan fingerprint density at radius 2 is 1.57 bits per heavy atom. The van der Waals surface area contributed by atoms with Crippen molar-refractivity contribution < 1.29 is 44.3 Å². The van der Waals surface area contributed by atoms with Crippen LogP contribution in [0, 0.1) is 0 Å². The van der Waals surface area contributed by atoms with Gasteiger partial charge in [0, 0.05) is 24.3 Å². The van der Waals surface area contributed by atoms with Gasteiger partial charge in [-0.15, -0.1) is 0 Å². The van der Waals surface area contributed by atoms with Gasteiger partial charge in [-0.1, -0.05) is 42.6 Å². The number of ether oxygens (including phenoxy) is 2. The standard InChI is InChI=1S/C29H34ClN3O9/c30-22-23(32-17-8-4-3-5-9-17)28(40)33(27(22)39)15-7-2-1-6-10-21(35)31-18-11-13-19(14-12-18)41-29-26(38)25(37)24(36)20(16-34)42-29/h3-5,8-9,11-14,20,24-26,29,32,34,36-38H,1-2,6-7,10,15-16H2,(H,31,35)/t20-,24+,25+,26-,29+/m1/s1. The Morgan fingerprint density at radius 1 is 0.881 bits per heavy atom. The van der Waals surface area contributed by atoms with E-state index in [2.05, 4.69) is 10.6 Å². The van der Waals surface area contributed by atoms with Crippen molar-refractivity contribution in [3.8, 4) is 5.75 Å². The van der Waals surface area contributed by atoms with Gasteiger partial charge in [0.2, 0.25) is 12.2 Å². The first kappa shape index (κ1) is 31.4. The normalized spacial score (nSPS) is 24.2. The van der Waals surface area contributed by atoms with Crippen LogP contribution in [0.1, 0.15) is 32.1 Å². The molecule has 0 radical (unpaired) electrons. The van der Waals surface area contributed by atoms with Crippen LogP contribution in [0.5, 0.6) is 5.75 Å². The molecule has 2 aromatic rings. The van der Waals surface area contributed by atoms with Crippen LogP contribution in [0.3, 0.4) is 0 Å². The quantitative estimate of drug-likeness (QED) is 0.146. The number of carbonyl (C=O) groups is 3. The Labute approximate surface area is 247 Å². The van der Waals surface area contributed by atoms with Crippen molar-refractivity contribution in [3.05, 3.63) is 65.3 Å². The third kappa shape index (κ3) is 7.65. The molecule has 2 aliphatic heterocycles. The summed E-state index contributed by atoms with van der Waals surface area (Å²) in [5, 5.41) is 44.7. The lowest BCUT2D eigenvalue weighted by atomic mass is 9.99. The zero-order chi connectivity index (χ0) is 30.2. The highest BCUT2D eigenvalue weighted by Crippen LogP contribution is 2.27. The van der Waals surface area contributed by atoms with Gasteiger partial charge < -0.3 is 40.5 Å². The fourth-order valence-electron chi connectivity index (χ4n) is 4.57. The van der Waals surface area contributed by atoms with Crippen LogP contribution in [-0.4, -0.2) is 86.9 Å². The van der Waals surface area contributed by atoms with Gasteiger partial charge in [-0.25, -0.2) is 0 Å². The van der Waals surface area contributed by atoms with Crippen LogP contribution in [0.2, 0.25) is 0 Å². The van der Waals surface area contributed by atoms with Gasteiger partial charge >= 0.3 is 0 Å². The lowest BCUT2D eigenvalue weighted by Gasteiger charge is -2.39. The van der Waals surface area contributed by atoms with E-state index in [0.29, 0.717) is 30.6 Å². The number of carbonyl (C=O) groups excluding carboxylic acids is 3. The number of benzene rings is 2. The Balaban J connectivity index is 1.13. The van der Waals surface area contributed by atoms with E-state index in [1.165, 1.54) is 0 Å². The summed E-state index contributed by atoms with van der Waals surface area (Å²) in [6.07, 6.45) is -4.01. The fourth-order valence-corrected chi connectivity index (χ4v) is 4.80. The van der Waals surface area contributed by atoms with E-state index in [1.807, 2.05) is 6.07 Å². The van der Waals surface area contributed by atoms with E-state index in [-0.39, 0.29) is 35.4 Å². The second kappa shape index (κ2) is 14.6. The SMILES string of the molecule is O=C(CCCCCCN1C(=O)C(Cl)=C(Nc2ccccc2)C1=O)Nc1ccc(O[C@H]2O[C@H](CO)[C@H](O)[C@H](O)[C@H]2O)cc1. The van der Waals surface area contributed by atoms with Crippen molar-refractivity contribution in [3.63, 3.8) is 0 Å². The molecule has 6 N–H and O–H groups in total. The monoisotopic (exact) mass is 603 g/mol. The van der Waals surface area contributed by atoms with E-state index in [9.17, 15) is 34.8 Å². The molecule has 0 unspecified atom stereocenters. The Bertz CT molecular complexity index is 1270. The Kier molecular flexibility index (Phi) is 10.9. The third-order valence-electron chi connectivity index (χ3n) is 6.93. The van der Waals surface area contributed by atoms with Gasteiger partial charge in [0.05, 0.1) is 6.61 Å². The van der Waals surface area contributed by atoms with Crippen LogP contribution in [0.4, 0.5) is 11.4 Å². The van der Waals surface area contributed by atoms with Crippen molar-refractivity contribution in [2.45, 2.75) is 62.8 Å². The minimum absolute atomic E-state index is 0.0676. The molecule has 13 heteroatoms. The van der Waals surface area contributed by atoms with Crippen molar-refractivity contribution >= 4 is 40.7 Å². The van der Waals surface area contributed by atoms with Gasteiger partial charge in [0.1, 0.15) is 40.9 Å². The summed E-state index contributed by atoms with van der Waals surface area (Å²) in [6.45, 7) is -0.328. The van der Waals surface area contributed by atoms with E-state index < -0.39 is 49.1 Å². The molecule has 2 aromatic carbocycles. The lowest BCUT2D eigenvalue weighted by Crippen LogP contribution is -2.60. The summed E-state index contributed by atoms with van der Waals surface area (Å²) >= 11 is 6.12. The lowest BCUT2D eigenvalue weighted by molar-refractivity contribution is -0.277. The number of halogens is 1. The molecule has 0 saturated carbocycles. The van der Waals surface area contributed by atoms with Gasteiger partial charge in [0.25, 0.3) is 11.8 Å². The zero-order valence-electron chi connectivity index (χ0n) is 22.7. The highest BCUT2D eigenvalue weighted by molar-refractivity contribution is 6.48. The summed E-state index contributed by atoms with van der Waals surface area (Å²) in [5.74, 6) is -0.885. The Hall–Kier alpha value is -3.52. The second-order valence-corrected chi connectivity index (χ2v) is 10.4. The van der Waals surface area contributed by atoms with Crippen molar-refractivity contribution in [2.24, 2.45) is 0 Å². The highest BCUT2D eigenvalue weighted by atomic mass is 35.5. The first-order chi connectivity index (χ1) is 20.2. The molecule has 0 spiro atoms. The number of amides is 3. The van der Waals surface area contributed by atoms with Gasteiger partial charge in [-0.05, 0) is 49.2 Å². The van der Waals surface area contributed by atoms with Gasteiger partial charge in [-0.3, -0.25) is 19.3 Å². The smallest absolute Gasteiger partial charge is 0.278 e. The van der Waals surface area contributed by atoms with Crippen molar-refractivity contribution in [1.29, 1.82) is 0 Å². The number of para-hydroxylation sites is 1. The average Bonchev–Trinajstić information content (AvgIpc) is 3.19. The van der Waals surface area contributed by atoms with E-state index in [4.69, 9.17) is 21.1 Å². The minimum atomic E-state index is -1.55. The molecule has 0 aliphatic carbocycles. The topological polar surface area (TPSA) is 178 Å². The number of hydrogen-bond donors (Lipinski definition) is 6. The fraction of sp³-hybridized carbons (Fsp3) is 0.414. The van der Waals surface area contributed by atoms with E-state index >= 15 is 0 Å². The molecule has 5 atom stereocenters. The largest absolute Gasteiger partial charge is 0.462 e. The zero-order valence-corrected chi connectivity index (χ0v) is 23.4. The molecule has 0 bridgehead atoms. The molecule has 12 nitrogen and oxygen atoms in total. The second-order valence-electron chi connectivity index (χ2n) is 9.99. The van der Waals surface area contributed by atoms with Crippen LogP contribution in [-0.2, 0) is 19.1 Å². The number of anilines is 2. The highest BCUT2D eigenvalue weighted by Gasteiger charge is 2.44. The summed E-state index contributed by atoms with van der Waals surface area (Å²) in [5.41, 5.74) is 1.25. The Morgan fingerprint density at radius 3 is 2.26 bits per heavy atom. The van der Waals surface area contributed by atoms with Crippen molar-refractivity contribution in [1.82, 2.24) is 4.90 Å². The maximum absolute atomic E-state index is 12.7. The molecule has 4 rings (SSSR count). The molecular weight excluding hydrogens is 570 g/mol. The summed E-state index contributed by atoms with van der Waals surface area (Å²) in [6, 6.07) is 15.3. The van der Waals surface area contributed by atoms with Crippen LogP contribution < -0.4 is 15.4 Å². The number of aliphatic hydroxyl groups excluding tert-OH is 4. The van der Waals surface area contributed by atoms with Crippen LogP contribution in [0.25, 0.3) is 0 Å². The molecular formula is C29H34ClN3O9. The number of imide groups is 1. The van der Waals surface area contributed by atoms with Crippen molar-refractivity contribution in [2.75, 3.05) is 23.8 Å². The molecule has 42 heavy (non-hydrogen) atoms. The van der Waals surface area contributed by atoms with Crippen LogP contribution in [0.15, 0.2) is 65.3 Å². The molecule has 2 aliphatic rings. The molecule has 1 fully saturated rings. The maximum atomic E-state index is 12.7. The predicted octanol–water partition coefficient (Wildman–Crippen LogP) is 1.69. The summed E-state index contributed by atoms with van der Waals surface area (Å²) in [4.78, 5) is 38.6. The number of nitrogens with zero attached hydrogens (tertiary/aromatic N) is 1. The average molecular weight is 604 g/mol. The number of unbranched alkanes of at least 4 members (excludes halogenated alkanes) is 3. The molecule has 3 amide bonds. The molecule has 1 saturated heterocycles. The van der Waals surface area contributed by atoms with Gasteiger partial charge in [0.15, 0.2) is 0 Å². The molecule has 226 valence electrons. The summed E-state index contributed by atoms with van der Waals surface area (Å²) < 4.78 is 10.9. The van der Waals surface area contributed by atoms with Crippen LogP contribution >= 0.6 is 11.6 Å². The maximum Gasteiger partial charge on any atom is 0.278 e. The number of nitrogens with one attached hydrogen (secondary N) is 2. The minimum Gasteiger partial charge on any atom is -0.462 e. The first-order valence-corrected chi connectivity index (χ1v) is 14.0. The van der Waals surface area contributed by atoms with Gasteiger partial charge in [-0.2, -0.15) is 0 Å². The first-order valence-electron chi connectivity index (χ1n) is 13.6. The summed E-state index contributed by atoms with van der Waals surface area (Å²) in [7, 11) is 0.